The summed E-state index contributed by atoms with van der Waals surface area (Å²) in [6, 6.07) is 80.3. The normalized spacial score (nSPS) is 11.7. The number of fused-ring (bicyclic) bond motifs is 5. The largest absolute Gasteiger partial charge is 0.311 e. The van der Waals surface area contributed by atoms with Gasteiger partial charge in [-0.05, 0) is 169 Å². The second-order valence-corrected chi connectivity index (χ2v) is 36.2. The van der Waals surface area contributed by atoms with E-state index in [4.69, 9.17) is 0 Å². The van der Waals surface area contributed by atoms with Gasteiger partial charge in [-0.1, -0.05) is 265 Å². The van der Waals surface area contributed by atoms with Crippen molar-refractivity contribution in [3.8, 4) is 59.9 Å². The topological polar surface area (TPSA) is 6.48 Å². The Kier molecular flexibility index (Phi) is 26.1. The molecule has 0 saturated heterocycles. The van der Waals surface area contributed by atoms with Gasteiger partial charge in [-0.2, -0.15) is 0 Å². The third-order valence-electron chi connectivity index (χ3n) is 20.2. The lowest BCUT2D eigenvalue weighted by molar-refractivity contribution is 0.539. The molecule has 10 heteroatoms. The Labute approximate surface area is 640 Å². The molecule has 0 saturated carbocycles. The molecule has 14 aromatic rings. The van der Waals surface area contributed by atoms with E-state index in [-0.39, 0.29) is 0 Å². The van der Waals surface area contributed by atoms with Gasteiger partial charge in [0.25, 0.3) is 0 Å². The molecule has 0 atom stereocenters. The van der Waals surface area contributed by atoms with Crippen LogP contribution in [0.15, 0.2) is 218 Å². The van der Waals surface area contributed by atoms with Crippen molar-refractivity contribution >= 4 is 153 Å². The van der Waals surface area contributed by atoms with Gasteiger partial charge >= 0.3 is 0 Å². The Bertz CT molecular complexity index is 4420. The summed E-state index contributed by atoms with van der Waals surface area (Å²) in [7, 11) is 0. The summed E-state index contributed by atoms with van der Waals surface area (Å²) in [5.41, 5.74) is 12.7. The summed E-state index contributed by atoms with van der Waals surface area (Å²) in [6.07, 6.45) is 38.1. The van der Waals surface area contributed by atoms with Crippen LogP contribution < -0.4 is 9.80 Å². The third kappa shape index (κ3) is 17.8. The maximum Gasteiger partial charge on any atom is 0.0651 e. The number of anilines is 6. The van der Waals surface area contributed by atoms with Gasteiger partial charge in [-0.3, -0.25) is 0 Å². The number of benzene rings is 6. The molecule has 102 heavy (non-hydrogen) atoms. The third-order valence-corrected chi connectivity index (χ3v) is 31.1. The zero-order valence-corrected chi connectivity index (χ0v) is 66.3. The average molecular weight is 1490 g/mol. The molecule has 524 valence electrons. The lowest BCUT2D eigenvalue weighted by atomic mass is 10.0. The Hall–Kier alpha value is -6.70. The molecular weight excluding hydrogens is 1390 g/mol. The maximum atomic E-state index is 2.46. The van der Waals surface area contributed by atoms with Crippen molar-refractivity contribution in [2.75, 3.05) is 9.80 Å². The fraction of sp³-hybridized carbons (Fsp3) is 0.326. The fourth-order valence-electron chi connectivity index (χ4n) is 14.7. The average Bonchev–Trinajstić information content (AvgIpc) is 1.55. The van der Waals surface area contributed by atoms with E-state index in [0.29, 0.717) is 0 Å². The minimum absolute atomic E-state index is 1.15. The number of nitrogens with zero attached hydrogens (tertiary/aromatic N) is 2. The van der Waals surface area contributed by atoms with E-state index in [9.17, 15) is 0 Å². The number of hydrogen-bond acceptors (Lipinski definition) is 10. The Balaban J connectivity index is 0.727. The quantitative estimate of drug-likeness (QED) is 0.0353. The highest BCUT2D eigenvalue weighted by Crippen LogP contribution is 2.58. The SMILES string of the molecule is CCCCCCCCCCCCCCCc1c(-c2ccc(-c3ccc(-c4ccc(N(c5ccccc5)c5ccccc5)cc4)s3)s2)sc2c1sc1c3sc(-c4ccc(-c5ccc(-c6ccc(N(c7ccccc7)c7ccccc7)cc6)s5)s4)c(CCCCCCCCCCCCCCC)c3sc21. The van der Waals surface area contributed by atoms with Gasteiger partial charge in [0.05, 0.1) is 28.2 Å². The van der Waals surface area contributed by atoms with Gasteiger partial charge < -0.3 is 9.80 Å². The van der Waals surface area contributed by atoms with Crippen LogP contribution in [0.25, 0.3) is 88.1 Å². The first-order valence-electron chi connectivity index (χ1n) is 38.4. The number of unbranched alkanes of at least 4 members (excludes halogenated alkanes) is 24. The summed E-state index contributed by atoms with van der Waals surface area (Å²) >= 11 is 16.3. The molecule has 0 spiro atoms. The zero-order valence-electron chi connectivity index (χ0n) is 59.7. The first-order valence-corrected chi connectivity index (χ1v) is 44.9. The number of aryl methyl sites for hydroxylation is 2. The predicted octanol–water partition coefficient (Wildman–Crippen LogP) is 33.8. The Morgan fingerprint density at radius 1 is 0.196 bits per heavy atom. The second kappa shape index (κ2) is 36.8. The number of hydrogen-bond donors (Lipinski definition) is 0. The van der Waals surface area contributed by atoms with Gasteiger partial charge in [0.15, 0.2) is 0 Å². The lowest BCUT2D eigenvalue weighted by Crippen LogP contribution is -2.09. The summed E-state index contributed by atoms with van der Waals surface area (Å²) in [5.74, 6) is 0. The monoisotopic (exact) mass is 1490 g/mol. The molecule has 0 aliphatic heterocycles. The zero-order chi connectivity index (χ0) is 69.1. The molecule has 6 aromatic carbocycles. The standard InChI is InChI=1S/C92H98N2S8/c1-3-5-7-9-11-13-15-17-19-21-23-25-39-49-75-85(83-65-63-81(97-83)79-61-59-77(95-79)67-51-55-73(56-52-67)93(69-41-31-27-32-42-69)70-43-33-28-34-44-70)99-89-87(75)101-92-90-88(102-91(89)92)76(50-40-26-24-22-20-18-16-14-12-10-8-6-4-2)86(100-90)84-66-64-82(98-84)80-62-60-78(96-80)68-53-57-74(58-54-68)94(71-45-35-29-36-46-71)72-47-37-30-38-48-72/h27-38,41-48,51-66H,3-26,39-40,49-50H2,1-2H3. The molecule has 8 aromatic heterocycles. The molecular formula is C92H98N2S8. The van der Waals surface area contributed by atoms with E-state index in [1.807, 2.05) is 45.3 Å². The van der Waals surface area contributed by atoms with E-state index >= 15 is 0 Å². The molecule has 0 unspecified atom stereocenters. The Morgan fingerprint density at radius 3 is 0.725 bits per heavy atom. The van der Waals surface area contributed by atoms with Crippen LogP contribution in [0.3, 0.4) is 0 Å². The predicted molar refractivity (Wildman–Crippen MR) is 463 cm³/mol. The first-order chi connectivity index (χ1) is 50.6. The van der Waals surface area contributed by atoms with Gasteiger partial charge in [-0.25, -0.2) is 0 Å². The number of thiophene rings is 8. The highest BCUT2D eigenvalue weighted by molar-refractivity contribution is 7.46. The molecule has 0 radical (unpaired) electrons. The highest BCUT2D eigenvalue weighted by atomic mass is 32.1. The maximum absolute atomic E-state index is 2.46. The smallest absolute Gasteiger partial charge is 0.0651 e. The lowest BCUT2D eigenvalue weighted by Gasteiger charge is -2.25. The van der Waals surface area contributed by atoms with E-state index in [1.54, 1.807) is 20.5 Å². The molecule has 14 rings (SSSR count). The highest BCUT2D eigenvalue weighted by Gasteiger charge is 2.27. The van der Waals surface area contributed by atoms with Gasteiger partial charge in [0, 0.05) is 82.9 Å². The van der Waals surface area contributed by atoms with Crippen LogP contribution in [0.2, 0.25) is 0 Å². The summed E-state index contributed by atoms with van der Waals surface area (Å²) in [4.78, 5) is 18.6. The molecule has 0 N–H and O–H groups in total. The van der Waals surface area contributed by atoms with Crippen LogP contribution in [0.5, 0.6) is 0 Å². The van der Waals surface area contributed by atoms with Gasteiger partial charge in [0.1, 0.15) is 0 Å². The summed E-state index contributed by atoms with van der Waals surface area (Å²) in [5, 5.41) is 0. The minimum atomic E-state index is 1.15. The molecule has 0 aliphatic carbocycles. The van der Waals surface area contributed by atoms with E-state index in [2.05, 4.69) is 287 Å². The van der Waals surface area contributed by atoms with Crippen molar-refractivity contribution in [3.63, 3.8) is 0 Å². The Morgan fingerprint density at radius 2 is 0.431 bits per heavy atom. The van der Waals surface area contributed by atoms with E-state index in [1.165, 1.54) is 246 Å². The van der Waals surface area contributed by atoms with Crippen molar-refractivity contribution in [2.24, 2.45) is 0 Å². The first kappa shape index (κ1) is 72.3. The van der Waals surface area contributed by atoms with Crippen molar-refractivity contribution in [1.82, 2.24) is 0 Å². The van der Waals surface area contributed by atoms with Crippen LogP contribution in [0.4, 0.5) is 34.1 Å². The molecule has 0 aliphatic rings. The number of rotatable bonds is 40. The van der Waals surface area contributed by atoms with Crippen LogP contribution >= 0.6 is 90.7 Å². The van der Waals surface area contributed by atoms with Crippen molar-refractivity contribution < 1.29 is 0 Å². The fourth-order valence-corrected chi connectivity index (χ4v) is 25.4. The van der Waals surface area contributed by atoms with Crippen molar-refractivity contribution in [1.29, 1.82) is 0 Å². The molecule has 2 nitrogen and oxygen atoms in total. The number of para-hydroxylation sites is 4. The van der Waals surface area contributed by atoms with Crippen molar-refractivity contribution in [2.45, 2.75) is 194 Å². The van der Waals surface area contributed by atoms with Crippen molar-refractivity contribution in [3.05, 3.63) is 230 Å². The summed E-state index contributed by atoms with van der Waals surface area (Å²) < 4.78 is 9.28. The van der Waals surface area contributed by atoms with E-state index < -0.39 is 0 Å². The van der Waals surface area contributed by atoms with Gasteiger partial charge in [-0.15, -0.1) is 90.7 Å². The molecule has 0 bridgehead atoms. The van der Waals surface area contributed by atoms with Crippen LogP contribution in [0, 0.1) is 0 Å². The summed E-state index contributed by atoms with van der Waals surface area (Å²) in [6.45, 7) is 4.64. The second-order valence-electron chi connectivity index (χ2n) is 27.7. The molecule has 0 fully saturated rings. The molecule has 0 amide bonds. The van der Waals surface area contributed by atoms with Crippen LogP contribution in [0.1, 0.15) is 192 Å². The van der Waals surface area contributed by atoms with E-state index in [0.717, 1.165) is 47.0 Å². The van der Waals surface area contributed by atoms with Crippen LogP contribution in [-0.2, 0) is 12.8 Å². The minimum Gasteiger partial charge on any atom is -0.311 e. The van der Waals surface area contributed by atoms with Crippen LogP contribution in [-0.4, -0.2) is 0 Å². The molecule has 8 heterocycles. The van der Waals surface area contributed by atoms with Gasteiger partial charge in [0.2, 0.25) is 0 Å².